The number of aromatic nitrogens is 1. The number of rotatable bonds is 4. The molecule has 0 amide bonds. The van der Waals surface area contributed by atoms with E-state index in [0.29, 0.717) is 12.5 Å². The molecular formula is C16H20N2O. The Morgan fingerprint density at radius 3 is 2.89 bits per heavy atom. The third-order valence-electron chi connectivity index (χ3n) is 3.81. The summed E-state index contributed by atoms with van der Waals surface area (Å²) in [4.78, 5) is 4.38. The number of hydrogen-bond donors (Lipinski definition) is 1. The average molecular weight is 256 g/mol. The molecule has 2 aromatic rings. The second kappa shape index (κ2) is 6.13. The zero-order valence-electron chi connectivity index (χ0n) is 11.1. The quantitative estimate of drug-likeness (QED) is 0.913. The lowest BCUT2D eigenvalue weighted by Crippen LogP contribution is -2.29. The SMILES string of the molecule is c1ccc2c(COCC3CCNCC3)ccnc2c1. The van der Waals surface area contributed by atoms with Crippen molar-refractivity contribution in [3.63, 3.8) is 0 Å². The highest BCUT2D eigenvalue weighted by atomic mass is 16.5. The van der Waals surface area contributed by atoms with Crippen LogP contribution in [0.4, 0.5) is 0 Å². The highest BCUT2D eigenvalue weighted by Crippen LogP contribution is 2.18. The van der Waals surface area contributed by atoms with Gasteiger partial charge in [-0.3, -0.25) is 4.98 Å². The van der Waals surface area contributed by atoms with E-state index in [1.165, 1.54) is 23.8 Å². The van der Waals surface area contributed by atoms with Crippen LogP contribution in [0.5, 0.6) is 0 Å². The van der Waals surface area contributed by atoms with E-state index in [0.717, 1.165) is 25.2 Å². The van der Waals surface area contributed by atoms with Gasteiger partial charge in [0.15, 0.2) is 0 Å². The van der Waals surface area contributed by atoms with E-state index < -0.39 is 0 Å². The van der Waals surface area contributed by atoms with Crippen LogP contribution >= 0.6 is 0 Å². The highest BCUT2D eigenvalue weighted by molar-refractivity contribution is 5.81. The van der Waals surface area contributed by atoms with Gasteiger partial charge in [-0.1, -0.05) is 18.2 Å². The summed E-state index contributed by atoms with van der Waals surface area (Å²) in [5, 5.41) is 4.59. The van der Waals surface area contributed by atoms with Gasteiger partial charge in [0.25, 0.3) is 0 Å². The molecule has 0 unspecified atom stereocenters. The number of pyridine rings is 1. The summed E-state index contributed by atoms with van der Waals surface area (Å²) >= 11 is 0. The summed E-state index contributed by atoms with van der Waals surface area (Å²) in [5.74, 6) is 0.717. The van der Waals surface area contributed by atoms with Crippen LogP contribution in [0.3, 0.4) is 0 Å². The molecule has 1 aromatic heterocycles. The van der Waals surface area contributed by atoms with Gasteiger partial charge in [0.05, 0.1) is 12.1 Å². The molecule has 0 aliphatic carbocycles. The van der Waals surface area contributed by atoms with Crippen LogP contribution in [-0.2, 0) is 11.3 Å². The first-order chi connectivity index (χ1) is 9.43. The van der Waals surface area contributed by atoms with Crippen LogP contribution in [-0.4, -0.2) is 24.7 Å². The number of para-hydroxylation sites is 1. The van der Waals surface area contributed by atoms with Crippen LogP contribution in [0, 0.1) is 5.92 Å². The van der Waals surface area contributed by atoms with Gasteiger partial charge in [0, 0.05) is 18.2 Å². The molecule has 100 valence electrons. The predicted molar refractivity (Wildman–Crippen MR) is 77.0 cm³/mol. The van der Waals surface area contributed by atoms with Gasteiger partial charge >= 0.3 is 0 Å². The minimum absolute atomic E-state index is 0.687. The molecule has 19 heavy (non-hydrogen) atoms. The van der Waals surface area contributed by atoms with Gasteiger partial charge in [0.2, 0.25) is 0 Å². The second-order valence-electron chi connectivity index (χ2n) is 5.20. The van der Waals surface area contributed by atoms with Crippen molar-refractivity contribution < 1.29 is 4.74 Å². The van der Waals surface area contributed by atoms with Crippen molar-refractivity contribution in [3.8, 4) is 0 Å². The van der Waals surface area contributed by atoms with Crippen molar-refractivity contribution in [2.75, 3.05) is 19.7 Å². The number of piperidine rings is 1. The van der Waals surface area contributed by atoms with Gasteiger partial charge in [-0.05, 0) is 49.5 Å². The number of hydrogen-bond acceptors (Lipinski definition) is 3. The predicted octanol–water partition coefficient (Wildman–Crippen LogP) is 2.75. The molecule has 0 spiro atoms. The van der Waals surface area contributed by atoms with Crippen molar-refractivity contribution in [2.45, 2.75) is 19.4 Å². The monoisotopic (exact) mass is 256 g/mol. The molecule has 1 aromatic carbocycles. The third-order valence-corrected chi connectivity index (χ3v) is 3.81. The summed E-state index contributed by atoms with van der Waals surface area (Å²) in [6.07, 6.45) is 4.33. The molecule has 1 fully saturated rings. The molecule has 0 bridgehead atoms. The Bertz CT molecular complexity index is 530. The first-order valence-corrected chi connectivity index (χ1v) is 7.04. The van der Waals surface area contributed by atoms with Gasteiger partial charge in [-0.2, -0.15) is 0 Å². The van der Waals surface area contributed by atoms with E-state index in [1.807, 2.05) is 18.3 Å². The molecule has 1 N–H and O–H groups in total. The number of nitrogens with one attached hydrogen (secondary N) is 1. The standard InChI is InChI=1S/C16H20N2O/c1-2-4-16-15(3-1)14(7-10-18-16)12-19-11-13-5-8-17-9-6-13/h1-4,7,10,13,17H,5-6,8-9,11-12H2. The molecule has 1 aliphatic rings. The molecule has 1 aliphatic heterocycles. The fourth-order valence-corrected chi connectivity index (χ4v) is 2.66. The zero-order chi connectivity index (χ0) is 12.9. The molecule has 3 rings (SSSR count). The van der Waals surface area contributed by atoms with E-state index in [4.69, 9.17) is 4.74 Å². The number of ether oxygens (including phenoxy) is 1. The molecule has 1 saturated heterocycles. The first kappa shape index (κ1) is 12.6. The molecule has 2 heterocycles. The first-order valence-electron chi connectivity index (χ1n) is 7.04. The second-order valence-corrected chi connectivity index (χ2v) is 5.20. The van der Waals surface area contributed by atoms with Crippen molar-refractivity contribution >= 4 is 10.9 Å². The van der Waals surface area contributed by atoms with E-state index in [9.17, 15) is 0 Å². The molecule has 3 nitrogen and oxygen atoms in total. The van der Waals surface area contributed by atoms with Crippen molar-refractivity contribution in [3.05, 3.63) is 42.1 Å². The van der Waals surface area contributed by atoms with Crippen LogP contribution in [0.25, 0.3) is 10.9 Å². The fourth-order valence-electron chi connectivity index (χ4n) is 2.66. The van der Waals surface area contributed by atoms with Crippen LogP contribution in [0.1, 0.15) is 18.4 Å². The minimum atomic E-state index is 0.687. The maximum atomic E-state index is 5.91. The van der Waals surface area contributed by atoms with Crippen LogP contribution in [0.15, 0.2) is 36.5 Å². The molecule has 0 saturated carbocycles. The summed E-state index contributed by atoms with van der Waals surface area (Å²) < 4.78 is 5.91. The van der Waals surface area contributed by atoms with Gasteiger partial charge in [-0.15, -0.1) is 0 Å². The lowest BCUT2D eigenvalue weighted by atomic mass is 9.99. The number of fused-ring (bicyclic) bond motifs is 1. The third kappa shape index (κ3) is 3.11. The number of benzene rings is 1. The molecular weight excluding hydrogens is 236 g/mol. The van der Waals surface area contributed by atoms with E-state index in [1.54, 1.807) is 0 Å². The lowest BCUT2D eigenvalue weighted by Gasteiger charge is -2.22. The Kier molecular flexibility index (Phi) is 4.06. The Hall–Kier alpha value is -1.45. The van der Waals surface area contributed by atoms with Crippen molar-refractivity contribution in [1.82, 2.24) is 10.3 Å². The smallest absolute Gasteiger partial charge is 0.0724 e. The fraction of sp³-hybridized carbons (Fsp3) is 0.438. The summed E-state index contributed by atoms with van der Waals surface area (Å²) in [7, 11) is 0. The zero-order valence-corrected chi connectivity index (χ0v) is 11.1. The normalized spacial score (nSPS) is 16.8. The maximum Gasteiger partial charge on any atom is 0.0724 e. The van der Waals surface area contributed by atoms with Crippen molar-refractivity contribution in [1.29, 1.82) is 0 Å². The van der Waals surface area contributed by atoms with Crippen LogP contribution in [0.2, 0.25) is 0 Å². The Morgan fingerprint density at radius 2 is 2.00 bits per heavy atom. The average Bonchev–Trinajstić information content (AvgIpc) is 2.49. The molecule has 0 atom stereocenters. The van der Waals surface area contributed by atoms with E-state index in [2.05, 4.69) is 28.5 Å². The van der Waals surface area contributed by atoms with Gasteiger partial charge < -0.3 is 10.1 Å². The summed E-state index contributed by atoms with van der Waals surface area (Å²) in [6, 6.07) is 10.3. The lowest BCUT2D eigenvalue weighted by molar-refractivity contribution is 0.0770. The summed E-state index contributed by atoms with van der Waals surface area (Å²) in [6.45, 7) is 3.82. The van der Waals surface area contributed by atoms with Gasteiger partial charge in [0.1, 0.15) is 0 Å². The van der Waals surface area contributed by atoms with E-state index >= 15 is 0 Å². The topological polar surface area (TPSA) is 34.1 Å². The van der Waals surface area contributed by atoms with Crippen LogP contribution < -0.4 is 5.32 Å². The molecule has 0 radical (unpaired) electrons. The van der Waals surface area contributed by atoms with Crippen molar-refractivity contribution in [2.24, 2.45) is 5.92 Å². The van der Waals surface area contributed by atoms with E-state index in [-0.39, 0.29) is 0 Å². The molecule has 3 heteroatoms. The Balaban J connectivity index is 1.62. The largest absolute Gasteiger partial charge is 0.376 e. The Labute approximate surface area is 114 Å². The van der Waals surface area contributed by atoms with Gasteiger partial charge in [-0.25, -0.2) is 0 Å². The minimum Gasteiger partial charge on any atom is -0.376 e. The highest BCUT2D eigenvalue weighted by Gasteiger charge is 2.13. The Morgan fingerprint density at radius 1 is 1.16 bits per heavy atom. The maximum absolute atomic E-state index is 5.91. The number of nitrogens with zero attached hydrogens (tertiary/aromatic N) is 1. The summed E-state index contributed by atoms with van der Waals surface area (Å²) in [5.41, 5.74) is 2.28.